The number of sulfonamides is 1. The van der Waals surface area contributed by atoms with Crippen LogP contribution in [0.15, 0.2) is 42.5 Å². The zero-order valence-electron chi connectivity index (χ0n) is 19.8. The molecule has 0 saturated carbocycles. The van der Waals surface area contributed by atoms with Crippen LogP contribution in [0.2, 0.25) is 10.0 Å². The largest absolute Gasteiger partial charge is 0.355 e. The highest BCUT2D eigenvalue weighted by Crippen LogP contribution is 2.25. The number of carbonyl (C=O) groups is 2. The summed E-state index contributed by atoms with van der Waals surface area (Å²) in [6.45, 7) is 6.06. The van der Waals surface area contributed by atoms with Gasteiger partial charge in [0.25, 0.3) is 0 Å². The molecule has 1 atom stereocenters. The van der Waals surface area contributed by atoms with E-state index in [1.54, 1.807) is 44.2 Å². The van der Waals surface area contributed by atoms with E-state index in [0.717, 1.165) is 17.4 Å². The van der Waals surface area contributed by atoms with Crippen molar-refractivity contribution >= 4 is 50.7 Å². The first-order valence-corrected chi connectivity index (χ1v) is 13.6. The zero-order valence-corrected chi connectivity index (χ0v) is 22.2. The molecule has 2 rings (SSSR count). The Labute approximate surface area is 212 Å². The van der Waals surface area contributed by atoms with Crippen LogP contribution in [0.1, 0.15) is 37.8 Å². The fraction of sp³-hybridized carbons (Fsp3) is 0.417. The van der Waals surface area contributed by atoms with Crippen molar-refractivity contribution in [3.63, 3.8) is 0 Å². The quantitative estimate of drug-likeness (QED) is 0.469. The van der Waals surface area contributed by atoms with E-state index >= 15 is 0 Å². The Morgan fingerprint density at radius 1 is 1.09 bits per heavy atom. The Kier molecular flexibility index (Phi) is 10.2. The van der Waals surface area contributed by atoms with Crippen molar-refractivity contribution in [3.05, 3.63) is 63.6 Å². The van der Waals surface area contributed by atoms with Crippen LogP contribution in [0.25, 0.3) is 0 Å². The number of halogens is 2. The number of hydrogen-bond donors (Lipinski definition) is 1. The van der Waals surface area contributed by atoms with Crippen molar-refractivity contribution in [1.82, 2.24) is 10.2 Å². The van der Waals surface area contributed by atoms with Gasteiger partial charge in [-0.25, -0.2) is 8.42 Å². The molecule has 0 fully saturated rings. The topological polar surface area (TPSA) is 86.8 Å². The summed E-state index contributed by atoms with van der Waals surface area (Å²) in [6.07, 6.45) is 1.51. The van der Waals surface area contributed by atoms with Crippen LogP contribution in [0.4, 0.5) is 5.69 Å². The molecule has 10 heteroatoms. The van der Waals surface area contributed by atoms with E-state index in [-0.39, 0.29) is 31.3 Å². The third-order valence-corrected chi connectivity index (χ3v) is 7.31. The van der Waals surface area contributed by atoms with Crippen LogP contribution in [-0.4, -0.2) is 50.5 Å². The van der Waals surface area contributed by atoms with Gasteiger partial charge in [-0.2, -0.15) is 0 Å². The Bertz CT molecular complexity index is 1120. The molecule has 1 unspecified atom stereocenters. The van der Waals surface area contributed by atoms with Crippen LogP contribution in [0, 0.1) is 6.92 Å². The third-order valence-electron chi connectivity index (χ3n) is 5.39. The van der Waals surface area contributed by atoms with Crippen molar-refractivity contribution in [1.29, 1.82) is 0 Å². The van der Waals surface area contributed by atoms with E-state index in [2.05, 4.69) is 5.32 Å². The van der Waals surface area contributed by atoms with E-state index in [1.165, 1.54) is 9.21 Å². The van der Waals surface area contributed by atoms with E-state index in [4.69, 9.17) is 23.2 Å². The van der Waals surface area contributed by atoms with Gasteiger partial charge in [0.05, 0.1) is 22.0 Å². The smallest absolute Gasteiger partial charge is 0.242 e. The van der Waals surface area contributed by atoms with Gasteiger partial charge in [-0.3, -0.25) is 13.9 Å². The molecule has 0 saturated heterocycles. The molecule has 0 aromatic heterocycles. The van der Waals surface area contributed by atoms with Crippen LogP contribution < -0.4 is 9.62 Å². The van der Waals surface area contributed by atoms with Crippen molar-refractivity contribution in [2.75, 3.05) is 23.7 Å². The van der Waals surface area contributed by atoms with Crippen molar-refractivity contribution in [2.24, 2.45) is 0 Å². The van der Waals surface area contributed by atoms with Gasteiger partial charge in [0.15, 0.2) is 0 Å². The van der Waals surface area contributed by atoms with Crippen molar-refractivity contribution in [3.8, 4) is 0 Å². The summed E-state index contributed by atoms with van der Waals surface area (Å²) in [5.74, 6) is -0.531. The summed E-state index contributed by atoms with van der Waals surface area (Å²) in [4.78, 5) is 27.2. The number of para-hydroxylation sites is 1. The summed E-state index contributed by atoms with van der Waals surface area (Å²) in [6, 6.07) is 11.5. The normalized spacial score (nSPS) is 12.2. The molecular weight excluding hydrogens is 497 g/mol. The van der Waals surface area contributed by atoms with Gasteiger partial charge < -0.3 is 10.2 Å². The number of carbonyl (C=O) groups excluding carboxylic acids is 2. The lowest BCUT2D eigenvalue weighted by atomic mass is 10.1. The van der Waals surface area contributed by atoms with E-state index in [1.807, 2.05) is 19.1 Å². The second kappa shape index (κ2) is 12.4. The van der Waals surface area contributed by atoms with E-state index < -0.39 is 16.1 Å². The van der Waals surface area contributed by atoms with Crippen LogP contribution in [0.3, 0.4) is 0 Å². The number of rotatable bonds is 11. The van der Waals surface area contributed by atoms with E-state index in [9.17, 15) is 18.0 Å². The van der Waals surface area contributed by atoms with Gasteiger partial charge in [-0.05, 0) is 56.5 Å². The average molecular weight is 529 g/mol. The molecule has 0 heterocycles. The number of aryl methyl sites for hydroxylation is 1. The maximum Gasteiger partial charge on any atom is 0.242 e. The number of likely N-dealkylation sites (N-methyl/N-ethyl adjacent to an activating group) is 1. The van der Waals surface area contributed by atoms with Gasteiger partial charge in [-0.15, -0.1) is 0 Å². The molecule has 2 aromatic carbocycles. The average Bonchev–Trinajstić information content (AvgIpc) is 2.77. The Morgan fingerprint density at radius 2 is 1.76 bits per heavy atom. The first-order chi connectivity index (χ1) is 16.0. The first-order valence-electron chi connectivity index (χ1n) is 11.0. The number of amides is 2. The second-order valence-corrected chi connectivity index (χ2v) is 10.8. The van der Waals surface area contributed by atoms with Crippen molar-refractivity contribution < 1.29 is 18.0 Å². The zero-order chi connectivity index (χ0) is 25.5. The Balaban J connectivity index is 2.19. The summed E-state index contributed by atoms with van der Waals surface area (Å²) in [7, 11) is -3.54. The number of nitrogens with zero attached hydrogens (tertiary/aromatic N) is 2. The number of nitrogens with one attached hydrogen (secondary N) is 1. The second-order valence-electron chi connectivity index (χ2n) is 8.07. The maximum absolute atomic E-state index is 13.2. The molecule has 34 heavy (non-hydrogen) atoms. The summed E-state index contributed by atoms with van der Waals surface area (Å²) >= 11 is 12.1. The predicted molar refractivity (Wildman–Crippen MR) is 138 cm³/mol. The van der Waals surface area contributed by atoms with Gasteiger partial charge in [0.1, 0.15) is 6.04 Å². The van der Waals surface area contributed by atoms with Crippen LogP contribution >= 0.6 is 23.2 Å². The van der Waals surface area contributed by atoms with Crippen LogP contribution in [0.5, 0.6) is 0 Å². The molecule has 2 amide bonds. The molecule has 2 aromatic rings. The molecule has 0 aliphatic carbocycles. The van der Waals surface area contributed by atoms with Crippen LogP contribution in [-0.2, 0) is 26.2 Å². The highest BCUT2D eigenvalue weighted by Gasteiger charge is 2.26. The number of benzene rings is 2. The van der Waals surface area contributed by atoms with E-state index in [0.29, 0.717) is 28.7 Å². The minimum absolute atomic E-state index is 0.0724. The summed E-state index contributed by atoms with van der Waals surface area (Å²) in [5.41, 5.74) is 2.14. The fourth-order valence-corrected chi connectivity index (χ4v) is 4.91. The molecule has 0 bridgehead atoms. The third kappa shape index (κ3) is 7.61. The first kappa shape index (κ1) is 28.0. The lowest BCUT2D eigenvalue weighted by molar-refractivity contribution is -0.140. The standard InChI is InChI=1S/C24H31Cl2N3O4S/c1-5-27-24(31)18(3)28(16-19-12-13-20(25)21(26)15-19)23(30)11-8-14-29(34(4,32)33)22-10-7-6-9-17(22)2/h6-7,9-10,12-13,15,18H,5,8,11,14,16H2,1-4H3,(H,27,31). The summed E-state index contributed by atoms with van der Waals surface area (Å²) < 4.78 is 26.1. The molecule has 0 spiro atoms. The van der Waals surface area contributed by atoms with Gasteiger partial charge >= 0.3 is 0 Å². The molecule has 0 aliphatic rings. The monoisotopic (exact) mass is 527 g/mol. The maximum atomic E-state index is 13.2. The molecule has 7 nitrogen and oxygen atoms in total. The molecule has 186 valence electrons. The van der Waals surface area contributed by atoms with Gasteiger partial charge in [0, 0.05) is 26.1 Å². The lowest BCUT2D eigenvalue weighted by Crippen LogP contribution is -2.47. The lowest BCUT2D eigenvalue weighted by Gasteiger charge is -2.29. The minimum atomic E-state index is -3.54. The molecule has 0 radical (unpaired) electrons. The summed E-state index contributed by atoms with van der Waals surface area (Å²) in [5, 5.41) is 3.50. The minimum Gasteiger partial charge on any atom is -0.355 e. The molecule has 0 aliphatic heterocycles. The fourth-order valence-electron chi connectivity index (χ4n) is 3.56. The Hall–Kier alpha value is -2.29. The molecule has 1 N–H and O–H groups in total. The molecular formula is C24H31Cl2N3O4S. The highest BCUT2D eigenvalue weighted by molar-refractivity contribution is 7.92. The van der Waals surface area contributed by atoms with Gasteiger partial charge in [-0.1, -0.05) is 47.5 Å². The highest BCUT2D eigenvalue weighted by atomic mass is 35.5. The van der Waals surface area contributed by atoms with Gasteiger partial charge in [0.2, 0.25) is 21.8 Å². The predicted octanol–water partition coefficient (Wildman–Crippen LogP) is 4.40. The SMILES string of the molecule is CCNC(=O)C(C)N(Cc1ccc(Cl)c(Cl)c1)C(=O)CCCN(c1ccccc1C)S(C)(=O)=O. The Morgan fingerprint density at radius 3 is 2.35 bits per heavy atom. The number of hydrogen-bond acceptors (Lipinski definition) is 4. The number of anilines is 1. The van der Waals surface area contributed by atoms with Crippen molar-refractivity contribution in [2.45, 2.75) is 46.2 Å².